The minimum absolute atomic E-state index is 0.417. The van der Waals surface area contributed by atoms with Crippen molar-refractivity contribution in [3.8, 4) is 0 Å². The molecule has 4 heteroatoms. The monoisotopic (exact) mass is 132 g/mol. The molecule has 1 fully saturated rings. The van der Waals surface area contributed by atoms with E-state index in [0.29, 0.717) is 5.75 Å². The molecule has 0 amide bonds. The van der Waals surface area contributed by atoms with Crippen LogP contribution >= 0.6 is 11.8 Å². The smallest absolute Gasteiger partial charge is 0.0593 e. The maximum atomic E-state index is 10.0. The van der Waals surface area contributed by atoms with Crippen LogP contribution in [-0.2, 0) is 4.79 Å². The molecule has 1 rings (SSSR count). The average molecular weight is 132 g/mol. The summed E-state index contributed by atoms with van der Waals surface area (Å²) in [5.74, 6) is 0.385. The summed E-state index contributed by atoms with van der Waals surface area (Å²) in [6.07, 6.45) is 0. The highest BCUT2D eigenvalue weighted by atomic mass is 32.2. The first kappa shape index (κ1) is 5.91. The third kappa shape index (κ3) is 1.14. The molecule has 1 saturated heterocycles. The minimum atomic E-state index is -0.991. The molecule has 1 aliphatic heterocycles. The second kappa shape index (κ2) is 2.37. The Balaban J connectivity index is 2.35. The largest absolute Gasteiger partial charge is 0.548 e. The summed E-state index contributed by atoms with van der Waals surface area (Å²) in [5.41, 5.74) is 0. The number of carboxylic acids is 1. The van der Waals surface area contributed by atoms with E-state index in [2.05, 4.69) is 5.32 Å². The standard InChI is InChI=1S/C4H7NO2S/c6-4(7)3-1-8-2-5-3/h3,5H,1-2H2,(H,6,7)/p-1. The van der Waals surface area contributed by atoms with Gasteiger partial charge < -0.3 is 9.90 Å². The first-order valence-corrected chi connectivity index (χ1v) is 3.48. The number of carbonyl (C=O) groups is 1. The van der Waals surface area contributed by atoms with E-state index < -0.39 is 12.0 Å². The van der Waals surface area contributed by atoms with Crippen LogP contribution in [0.25, 0.3) is 0 Å². The Labute approximate surface area is 51.5 Å². The summed E-state index contributed by atoms with van der Waals surface area (Å²) in [7, 11) is 0. The first-order valence-electron chi connectivity index (χ1n) is 2.32. The Kier molecular flexibility index (Phi) is 1.75. The van der Waals surface area contributed by atoms with Gasteiger partial charge in [-0.05, 0) is 0 Å². The molecule has 1 unspecified atom stereocenters. The predicted molar refractivity (Wildman–Crippen MR) is 29.3 cm³/mol. The lowest BCUT2D eigenvalue weighted by atomic mass is 10.4. The number of thioether (sulfide) groups is 1. The lowest BCUT2D eigenvalue weighted by molar-refractivity contribution is -0.307. The molecule has 1 N–H and O–H groups in total. The quantitative estimate of drug-likeness (QED) is 0.467. The topological polar surface area (TPSA) is 52.2 Å². The van der Waals surface area contributed by atoms with Crippen LogP contribution in [0.3, 0.4) is 0 Å². The normalized spacial score (nSPS) is 28.2. The van der Waals surface area contributed by atoms with Gasteiger partial charge in [-0.3, -0.25) is 5.32 Å². The number of nitrogens with one attached hydrogen (secondary N) is 1. The van der Waals surface area contributed by atoms with Crippen molar-refractivity contribution in [2.75, 3.05) is 11.6 Å². The Morgan fingerprint density at radius 1 is 1.88 bits per heavy atom. The van der Waals surface area contributed by atoms with Crippen molar-refractivity contribution in [3.63, 3.8) is 0 Å². The average Bonchev–Trinajstić information content (AvgIpc) is 2.12. The lowest BCUT2D eigenvalue weighted by Gasteiger charge is -2.07. The first-order chi connectivity index (χ1) is 3.80. The van der Waals surface area contributed by atoms with Crippen molar-refractivity contribution in [2.24, 2.45) is 0 Å². The van der Waals surface area contributed by atoms with Crippen LogP contribution in [0, 0.1) is 0 Å². The van der Waals surface area contributed by atoms with Gasteiger partial charge in [-0.2, -0.15) is 0 Å². The van der Waals surface area contributed by atoms with Crippen LogP contribution in [0.4, 0.5) is 0 Å². The van der Waals surface area contributed by atoms with Gasteiger partial charge in [0, 0.05) is 11.6 Å². The van der Waals surface area contributed by atoms with Gasteiger partial charge in [0.25, 0.3) is 0 Å². The molecule has 0 aromatic rings. The van der Waals surface area contributed by atoms with Crippen LogP contribution < -0.4 is 10.4 Å². The maximum absolute atomic E-state index is 10.0. The lowest BCUT2D eigenvalue weighted by Crippen LogP contribution is -2.43. The van der Waals surface area contributed by atoms with Gasteiger partial charge in [-0.15, -0.1) is 11.8 Å². The second-order valence-corrected chi connectivity index (χ2v) is 2.62. The van der Waals surface area contributed by atoms with Gasteiger partial charge in [-0.1, -0.05) is 0 Å². The number of hydrogen-bond acceptors (Lipinski definition) is 4. The number of carboxylic acid groups (broad SMARTS) is 1. The van der Waals surface area contributed by atoms with E-state index in [1.165, 1.54) is 0 Å². The van der Waals surface area contributed by atoms with Crippen molar-refractivity contribution >= 4 is 17.7 Å². The van der Waals surface area contributed by atoms with Crippen molar-refractivity contribution in [1.82, 2.24) is 5.32 Å². The fourth-order valence-corrected chi connectivity index (χ4v) is 1.47. The van der Waals surface area contributed by atoms with Crippen molar-refractivity contribution in [2.45, 2.75) is 6.04 Å². The van der Waals surface area contributed by atoms with E-state index in [0.717, 1.165) is 5.88 Å². The van der Waals surface area contributed by atoms with E-state index in [-0.39, 0.29) is 0 Å². The summed E-state index contributed by atoms with van der Waals surface area (Å²) in [6, 6.07) is -0.417. The molecule has 1 atom stereocenters. The molecule has 0 saturated carbocycles. The molecule has 3 nitrogen and oxygen atoms in total. The van der Waals surface area contributed by atoms with Crippen LogP contribution in [0.1, 0.15) is 0 Å². The summed E-state index contributed by atoms with van der Waals surface area (Å²) >= 11 is 1.58. The van der Waals surface area contributed by atoms with Gasteiger partial charge in [0.1, 0.15) is 0 Å². The summed E-state index contributed by atoms with van der Waals surface area (Å²) in [6.45, 7) is 0. The molecular formula is C4H6NO2S-. The van der Waals surface area contributed by atoms with Gasteiger partial charge in [0.2, 0.25) is 0 Å². The zero-order valence-corrected chi connectivity index (χ0v) is 5.03. The zero-order chi connectivity index (χ0) is 5.98. The Bertz CT molecular complexity index is 100. The molecule has 1 heterocycles. The third-order valence-electron chi connectivity index (χ3n) is 1.00. The number of hydrogen-bond donors (Lipinski definition) is 1. The minimum Gasteiger partial charge on any atom is -0.548 e. The van der Waals surface area contributed by atoms with E-state index in [4.69, 9.17) is 0 Å². The van der Waals surface area contributed by atoms with E-state index in [9.17, 15) is 9.90 Å². The van der Waals surface area contributed by atoms with E-state index in [1.54, 1.807) is 11.8 Å². The van der Waals surface area contributed by atoms with Crippen molar-refractivity contribution in [3.05, 3.63) is 0 Å². The van der Waals surface area contributed by atoms with Gasteiger partial charge in [0.05, 0.1) is 12.0 Å². The highest BCUT2D eigenvalue weighted by Crippen LogP contribution is 2.07. The van der Waals surface area contributed by atoms with Crippen LogP contribution in [0.15, 0.2) is 0 Å². The Morgan fingerprint density at radius 2 is 2.62 bits per heavy atom. The van der Waals surface area contributed by atoms with Gasteiger partial charge in [-0.25, -0.2) is 0 Å². The molecule has 0 spiro atoms. The summed E-state index contributed by atoms with van der Waals surface area (Å²) < 4.78 is 0. The van der Waals surface area contributed by atoms with Gasteiger partial charge in [0.15, 0.2) is 0 Å². The fourth-order valence-electron chi connectivity index (χ4n) is 0.547. The van der Waals surface area contributed by atoms with Crippen molar-refractivity contribution in [1.29, 1.82) is 0 Å². The van der Waals surface area contributed by atoms with E-state index in [1.807, 2.05) is 0 Å². The summed E-state index contributed by atoms with van der Waals surface area (Å²) in [5, 5.41) is 12.8. The highest BCUT2D eigenvalue weighted by molar-refractivity contribution is 7.99. The SMILES string of the molecule is O=C([O-])C1CSCN1. The van der Waals surface area contributed by atoms with Crippen LogP contribution in [-0.4, -0.2) is 23.6 Å². The molecule has 8 heavy (non-hydrogen) atoms. The Morgan fingerprint density at radius 3 is 2.88 bits per heavy atom. The molecule has 0 radical (unpaired) electrons. The molecule has 46 valence electrons. The molecule has 1 aliphatic rings. The fraction of sp³-hybridized carbons (Fsp3) is 0.750. The van der Waals surface area contributed by atoms with Crippen LogP contribution in [0.5, 0.6) is 0 Å². The second-order valence-electron chi connectivity index (χ2n) is 1.59. The molecule has 0 bridgehead atoms. The number of aliphatic carboxylic acids is 1. The third-order valence-corrected chi connectivity index (χ3v) is 1.94. The molecule has 0 aromatic heterocycles. The van der Waals surface area contributed by atoms with Gasteiger partial charge >= 0.3 is 0 Å². The Hall–Kier alpha value is -0.220. The summed E-state index contributed by atoms with van der Waals surface area (Å²) in [4.78, 5) is 10.0. The molecular weight excluding hydrogens is 126 g/mol. The predicted octanol–water partition coefficient (Wildman–Crippen LogP) is -1.60. The van der Waals surface area contributed by atoms with E-state index >= 15 is 0 Å². The van der Waals surface area contributed by atoms with Crippen molar-refractivity contribution < 1.29 is 9.90 Å². The zero-order valence-electron chi connectivity index (χ0n) is 4.22. The number of rotatable bonds is 1. The number of carbonyl (C=O) groups excluding carboxylic acids is 1. The molecule has 0 aromatic carbocycles. The van der Waals surface area contributed by atoms with Crippen LogP contribution in [0.2, 0.25) is 0 Å². The maximum Gasteiger partial charge on any atom is 0.0593 e. The molecule has 0 aliphatic carbocycles. The highest BCUT2D eigenvalue weighted by Gasteiger charge is 2.13.